The molecule has 11 aromatic rings. The van der Waals surface area contributed by atoms with Gasteiger partial charge in [-0.15, -0.1) is 11.3 Å². The van der Waals surface area contributed by atoms with Gasteiger partial charge in [-0.3, -0.25) is 0 Å². The van der Waals surface area contributed by atoms with E-state index in [1.165, 1.54) is 20.2 Å². The van der Waals surface area contributed by atoms with Crippen molar-refractivity contribution in [1.29, 1.82) is 0 Å². The van der Waals surface area contributed by atoms with Crippen molar-refractivity contribution >= 4 is 75.3 Å². The van der Waals surface area contributed by atoms with Crippen LogP contribution in [0, 0.1) is 0 Å². The standard InChI is InChI=1S/C45H26N4OS/c1-3-12-27(13-4-1)43-46-44(28-14-5-2-6-15-28)48-45(47-43)34-18-11-21-39-40(34)35-26-29(22-25-38(35)51-39)49-36-19-9-7-16-30(36)32-23-24-33-31-17-8-10-20-37(31)50-42(33)41(32)49/h1-26H. The summed E-state index contributed by atoms with van der Waals surface area (Å²) in [5.41, 5.74) is 7.95. The van der Waals surface area contributed by atoms with E-state index in [-0.39, 0.29) is 0 Å². The highest BCUT2D eigenvalue weighted by molar-refractivity contribution is 7.26. The van der Waals surface area contributed by atoms with E-state index in [0.29, 0.717) is 17.5 Å². The van der Waals surface area contributed by atoms with Crippen molar-refractivity contribution < 1.29 is 4.42 Å². The first-order chi connectivity index (χ1) is 25.3. The fraction of sp³-hybridized carbons (Fsp3) is 0. The molecule has 0 saturated heterocycles. The molecule has 4 heterocycles. The Bertz CT molecular complexity index is 3080. The lowest BCUT2D eigenvalue weighted by atomic mass is 10.0. The number of thiophene rings is 1. The molecule has 0 spiro atoms. The molecule has 0 radical (unpaired) electrons. The molecule has 7 aromatic carbocycles. The Labute approximate surface area is 295 Å². The number of para-hydroxylation sites is 2. The molecule has 0 bridgehead atoms. The second kappa shape index (κ2) is 10.9. The van der Waals surface area contributed by atoms with E-state index in [0.717, 1.165) is 66.1 Å². The second-order valence-corrected chi connectivity index (χ2v) is 13.9. The Morgan fingerprint density at radius 3 is 1.92 bits per heavy atom. The molecule has 0 amide bonds. The number of fused-ring (bicyclic) bond motifs is 10. The molecule has 0 fully saturated rings. The lowest BCUT2D eigenvalue weighted by molar-refractivity contribution is 0.671. The molecule has 0 aliphatic carbocycles. The average Bonchev–Trinajstić information content (AvgIpc) is 3.88. The third kappa shape index (κ3) is 4.30. The maximum atomic E-state index is 6.63. The molecular weight excluding hydrogens is 645 g/mol. The smallest absolute Gasteiger partial charge is 0.164 e. The summed E-state index contributed by atoms with van der Waals surface area (Å²) in [4.78, 5) is 15.2. The molecule has 238 valence electrons. The number of nitrogens with zero attached hydrogens (tertiary/aromatic N) is 4. The number of benzene rings is 7. The Hall–Kier alpha value is -6.63. The number of hydrogen-bond donors (Lipinski definition) is 0. The zero-order chi connectivity index (χ0) is 33.5. The van der Waals surface area contributed by atoms with Gasteiger partial charge in [0, 0.05) is 64.1 Å². The molecule has 0 N–H and O–H groups in total. The topological polar surface area (TPSA) is 56.7 Å². The fourth-order valence-corrected chi connectivity index (χ4v) is 8.68. The highest BCUT2D eigenvalue weighted by Crippen LogP contribution is 2.43. The van der Waals surface area contributed by atoms with Crippen molar-refractivity contribution in [2.24, 2.45) is 0 Å². The largest absolute Gasteiger partial charge is 0.454 e. The Balaban J connectivity index is 1.19. The molecule has 6 heteroatoms. The van der Waals surface area contributed by atoms with Crippen LogP contribution in [0.15, 0.2) is 162 Å². The molecule has 0 unspecified atom stereocenters. The van der Waals surface area contributed by atoms with Gasteiger partial charge in [-0.1, -0.05) is 115 Å². The van der Waals surface area contributed by atoms with E-state index in [1.807, 2.05) is 72.8 Å². The monoisotopic (exact) mass is 670 g/mol. The van der Waals surface area contributed by atoms with E-state index >= 15 is 0 Å². The van der Waals surface area contributed by atoms with E-state index in [4.69, 9.17) is 19.4 Å². The third-order valence-electron chi connectivity index (χ3n) is 9.86. The van der Waals surface area contributed by atoms with Gasteiger partial charge < -0.3 is 8.98 Å². The normalized spacial score (nSPS) is 11.9. The van der Waals surface area contributed by atoms with Crippen LogP contribution in [0.1, 0.15) is 0 Å². The van der Waals surface area contributed by atoms with E-state index in [2.05, 4.69) is 89.5 Å². The van der Waals surface area contributed by atoms with Crippen LogP contribution in [0.5, 0.6) is 0 Å². The van der Waals surface area contributed by atoms with Gasteiger partial charge in [0.25, 0.3) is 0 Å². The lowest BCUT2D eigenvalue weighted by Gasteiger charge is -2.10. The first-order valence-corrected chi connectivity index (χ1v) is 17.8. The summed E-state index contributed by atoms with van der Waals surface area (Å²) in [6.07, 6.45) is 0. The predicted octanol–water partition coefficient (Wildman–Crippen LogP) is 12.2. The molecule has 51 heavy (non-hydrogen) atoms. The van der Waals surface area contributed by atoms with Crippen molar-refractivity contribution in [3.8, 4) is 39.9 Å². The molecule has 0 aliphatic heterocycles. The molecule has 4 aromatic heterocycles. The summed E-state index contributed by atoms with van der Waals surface area (Å²) in [5, 5.41) is 6.90. The predicted molar refractivity (Wildman–Crippen MR) is 211 cm³/mol. The molecule has 0 atom stereocenters. The summed E-state index contributed by atoms with van der Waals surface area (Å²) in [7, 11) is 0. The summed E-state index contributed by atoms with van der Waals surface area (Å²) >= 11 is 1.79. The summed E-state index contributed by atoms with van der Waals surface area (Å²) in [6.45, 7) is 0. The summed E-state index contributed by atoms with van der Waals surface area (Å²) in [6, 6.07) is 54.9. The highest BCUT2D eigenvalue weighted by Gasteiger charge is 2.21. The third-order valence-corrected chi connectivity index (χ3v) is 11.0. The van der Waals surface area contributed by atoms with Gasteiger partial charge in [0.05, 0.1) is 11.0 Å². The summed E-state index contributed by atoms with van der Waals surface area (Å²) in [5.74, 6) is 1.95. The molecule has 0 saturated carbocycles. The fourth-order valence-electron chi connectivity index (χ4n) is 7.57. The van der Waals surface area contributed by atoms with Gasteiger partial charge in [0.2, 0.25) is 0 Å². The van der Waals surface area contributed by atoms with E-state index in [9.17, 15) is 0 Å². The minimum Gasteiger partial charge on any atom is -0.454 e. The highest BCUT2D eigenvalue weighted by atomic mass is 32.1. The number of aromatic nitrogens is 4. The van der Waals surface area contributed by atoms with E-state index < -0.39 is 0 Å². The van der Waals surface area contributed by atoms with Gasteiger partial charge in [-0.25, -0.2) is 15.0 Å². The summed E-state index contributed by atoms with van der Waals surface area (Å²) < 4.78 is 11.4. The maximum absolute atomic E-state index is 6.63. The molecule has 0 aliphatic rings. The van der Waals surface area contributed by atoms with Crippen LogP contribution in [-0.4, -0.2) is 19.5 Å². The van der Waals surface area contributed by atoms with Crippen LogP contribution in [0.2, 0.25) is 0 Å². The van der Waals surface area contributed by atoms with Gasteiger partial charge in [-0.05, 0) is 42.5 Å². The number of rotatable bonds is 4. The first kappa shape index (κ1) is 28.2. The Morgan fingerprint density at radius 1 is 0.471 bits per heavy atom. The van der Waals surface area contributed by atoms with Crippen molar-refractivity contribution in [3.63, 3.8) is 0 Å². The minimum atomic E-state index is 0.650. The number of hydrogen-bond acceptors (Lipinski definition) is 5. The van der Waals surface area contributed by atoms with Crippen molar-refractivity contribution in [1.82, 2.24) is 19.5 Å². The SMILES string of the molecule is c1ccc(-c2nc(-c3ccccc3)nc(-c3cccc4sc5ccc(-n6c7ccccc7c7ccc8c9ccccc9oc8c76)cc5c34)n2)cc1. The molecular formula is C45H26N4OS. The van der Waals surface area contributed by atoms with Crippen molar-refractivity contribution in [3.05, 3.63) is 158 Å². The van der Waals surface area contributed by atoms with Crippen LogP contribution >= 0.6 is 11.3 Å². The van der Waals surface area contributed by atoms with Gasteiger partial charge in [0.1, 0.15) is 5.58 Å². The van der Waals surface area contributed by atoms with Crippen LogP contribution in [0.3, 0.4) is 0 Å². The zero-order valence-electron chi connectivity index (χ0n) is 27.1. The van der Waals surface area contributed by atoms with Crippen LogP contribution in [0.4, 0.5) is 0 Å². The van der Waals surface area contributed by atoms with Gasteiger partial charge >= 0.3 is 0 Å². The van der Waals surface area contributed by atoms with Gasteiger partial charge in [0.15, 0.2) is 23.1 Å². The lowest BCUT2D eigenvalue weighted by Crippen LogP contribution is -2.00. The average molecular weight is 671 g/mol. The minimum absolute atomic E-state index is 0.650. The molecule has 5 nitrogen and oxygen atoms in total. The van der Waals surface area contributed by atoms with E-state index in [1.54, 1.807) is 11.3 Å². The first-order valence-electron chi connectivity index (χ1n) is 16.9. The second-order valence-electron chi connectivity index (χ2n) is 12.8. The number of furan rings is 1. The zero-order valence-corrected chi connectivity index (χ0v) is 27.9. The quantitative estimate of drug-likeness (QED) is 0.187. The Morgan fingerprint density at radius 2 is 1.14 bits per heavy atom. The van der Waals surface area contributed by atoms with Gasteiger partial charge in [-0.2, -0.15) is 0 Å². The van der Waals surface area contributed by atoms with Crippen LogP contribution < -0.4 is 0 Å². The van der Waals surface area contributed by atoms with Crippen LogP contribution in [0.25, 0.3) is 104 Å². The Kier molecular flexibility index (Phi) is 6.05. The van der Waals surface area contributed by atoms with Crippen molar-refractivity contribution in [2.45, 2.75) is 0 Å². The van der Waals surface area contributed by atoms with Crippen molar-refractivity contribution in [2.75, 3.05) is 0 Å². The van der Waals surface area contributed by atoms with Crippen LogP contribution in [-0.2, 0) is 0 Å². The molecule has 11 rings (SSSR count). The maximum Gasteiger partial charge on any atom is 0.164 e.